The molecule has 2 aromatic rings. The molecule has 1 heterocycles. The number of ether oxygens (including phenoxy) is 3. The zero-order valence-electron chi connectivity index (χ0n) is 26.5. The Kier molecular flexibility index (Phi) is 14.3. The molecule has 12 nitrogen and oxygen atoms in total. The highest BCUT2D eigenvalue weighted by Gasteiger charge is 2.36. The average Bonchev–Trinajstić information content (AvgIpc) is 3.32. The topological polar surface area (TPSA) is 139 Å². The minimum absolute atomic E-state index is 0.194. The molecular weight excluding hydrogens is 574 g/mol. The average molecular weight is 622 g/mol. The molecule has 4 amide bonds. The number of thiophene rings is 1. The van der Waals surface area contributed by atoms with Crippen LogP contribution in [0.4, 0.5) is 4.79 Å². The molecule has 3 N–H and O–H groups in total. The van der Waals surface area contributed by atoms with E-state index in [4.69, 9.17) is 14.2 Å². The Bertz CT molecular complexity index is 1210. The predicted molar refractivity (Wildman–Crippen MR) is 166 cm³/mol. The maximum absolute atomic E-state index is 14.3. The van der Waals surface area contributed by atoms with Gasteiger partial charge < -0.3 is 29.7 Å². The van der Waals surface area contributed by atoms with Crippen LogP contribution in [0.3, 0.4) is 0 Å². The summed E-state index contributed by atoms with van der Waals surface area (Å²) in [6.45, 7) is 13.5. The van der Waals surface area contributed by atoms with Crippen LogP contribution in [0.2, 0.25) is 0 Å². The quantitative estimate of drug-likeness (QED) is 0.147. The van der Waals surface area contributed by atoms with Crippen molar-refractivity contribution in [1.82, 2.24) is 26.0 Å². The summed E-state index contributed by atoms with van der Waals surface area (Å²) in [4.78, 5) is 53.9. The molecule has 0 saturated heterocycles. The predicted octanol–water partition coefficient (Wildman–Crippen LogP) is 3.40. The van der Waals surface area contributed by atoms with Crippen LogP contribution < -0.4 is 16.1 Å². The number of rotatable bonds is 16. The van der Waals surface area contributed by atoms with Gasteiger partial charge in [-0.1, -0.05) is 18.2 Å². The van der Waals surface area contributed by atoms with Gasteiger partial charge in [-0.2, -0.15) is 0 Å². The molecule has 2 atom stereocenters. The molecule has 0 spiro atoms. The first kappa shape index (κ1) is 35.9. The number of benzene rings is 1. The van der Waals surface area contributed by atoms with Crippen molar-refractivity contribution in [3.8, 4) is 0 Å². The Morgan fingerprint density at radius 2 is 1.67 bits per heavy atom. The van der Waals surface area contributed by atoms with E-state index >= 15 is 0 Å². The number of likely N-dealkylation sites (N-methyl/N-ethyl adjacent to an activating group) is 1. The Balaban J connectivity index is 2.43. The third kappa shape index (κ3) is 11.7. The van der Waals surface area contributed by atoms with Crippen LogP contribution in [-0.4, -0.2) is 91.0 Å². The first-order valence-corrected chi connectivity index (χ1v) is 15.4. The number of carbonyl (C=O) groups excluding carboxylic acids is 4. The van der Waals surface area contributed by atoms with E-state index in [-0.39, 0.29) is 13.1 Å². The molecule has 0 saturated carbocycles. The molecule has 0 aliphatic heterocycles. The van der Waals surface area contributed by atoms with Crippen molar-refractivity contribution in [3.63, 3.8) is 0 Å². The first-order valence-electron chi connectivity index (χ1n) is 14.5. The maximum Gasteiger partial charge on any atom is 0.329 e. The zero-order chi connectivity index (χ0) is 32.2. The van der Waals surface area contributed by atoms with Gasteiger partial charge in [0.05, 0.1) is 19.0 Å². The second kappa shape index (κ2) is 17.1. The monoisotopic (exact) mass is 621 g/mol. The van der Waals surface area contributed by atoms with E-state index in [0.29, 0.717) is 19.8 Å². The molecule has 0 radical (unpaired) electrons. The molecule has 1 aromatic carbocycles. The van der Waals surface area contributed by atoms with E-state index in [0.717, 1.165) is 15.6 Å². The van der Waals surface area contributed by atoms with Crippen molar-refractivity contribution in [2.45, 2.75) is 85.4 Å². The molecule has 0 aliphatic carbocycles. The van der Waals surface area contributed by atoms with Gasteiger partial charge in [-0.3, -0.25) is 19.8 Å². The standard InChI is InChI=1S/C30H47N5O7S/c1-9-31-29(39)33-34(8)18-25(36)32-23(16-26(37)42-30(5,6)7)27(38)35(20(4)28(40-10-2)41-11-3)17-21-19-43-24-15-13-12-14-22(21)24/h12-15,19-20,23,28H,9-11,16-18H2,1-8H3,(H,32,36)(H2,31,33,39). The van der Waals surface area contributed by atoms with E-state index in [2.05, 4.69) is 16.1 Å². The number of fused-ring (bicyclic) bond motifs is 1. The highest BCUT2D eigenvalue weighted by atomic mass is 32.1. The highest BCUT2D eigenvalue weighted by molar-refractivity contribution is 7.17. The lowest BCUT2D eigenvalue weighted by Gasteiger charge is -2.36. The van der Waals surface area contributed by atoms with Crippen LogP contribution >= 0.6 is 11.3 Å². The minimum Gasteiger partial charge on any atom is -0.460 e. The van der Waals surface area contributed by atoms with Crippen molar-refractivity contribution in [2.75, 3.05) is 33.4 Å². The summed E-state index contributed by atoms with van der Waals surface area (Å²) in [5.41, 5.74) is 2.65. The summed E-state index contributed by atoms with van der Waals surface area (Å²) >= 11 is 1.57. The van der Waals surface area contributed by atoms with E-state index in [1.165, 1.54) is 12.1 Å². The van der Waals surface area contributed by atoms with Crippen molar-refractivity contribution in [1.29, 1.82) is 0 Å². The van der Waals surface area contributed by atoms with Gasteiger partial charge in [0.25, 0.3) is 0 Å². The third-order valence-corrected chi connectivity index (χ3v) is 7.18. The summed E-state index contributed by atoms with van der Waals surface area (Å²) in [6, 6.07) is 5.60. The number of amides is 4. The van der Waals surface area contributed by atoms with Gasteiger partial charge in [0.2, 0.25) is 11.8 Å². The minimum atomic E-state index is -1.25. The van der Waals surface area contributed by atoms with Gasteiger partial charge in [-0.25, -0.2) is 9.80 Å². The van der Waals surface area contributed by atoms with Gasteiger partial charge >= 0.3 is 12.0 Å². The Morgan fingerprint density at radius 1 is 1.02 bits per heavy atom. The molecular formula is C30H47N5O7S. The second-order valence-corrected chi connectivity index (χ2v) is 11.9. The normalized spacial score (nSPS) is 13.1. The van der Waals surface area contributed by atoms with Crippen LogP contribution in [0.25, 0.3) is 10.1 Å². The fourth-order valence-corrected chi connectivity index (χ4v) is 5.34. The number of esters is 1. The summed E-state index contributed by atoms with van der Waals surface area (Å²) in [5.74, 6) is -1.70. The van der Waals surface area contributed by atoms with Crippen molar-refractivity contribution < 1.29 is 33.4 Å². The van der Waals surface area contributed by atoms with Gasteiger partial charge in [-0.05, 0) is 70.9 Å². The van der Waals surface area contributed by atoms with E-state index in [9.17, 15) is 19.2 Å². The van der Waals surface area contributed by atoms with Crippen molar-refractivity contribution >= 4 is 45.2 Å². The summed E-state index contributed by atoms with van der Waals surface area (Å²) in [5, 5.41) is 9.57. The lowest BCUT2D eigenvalue weighted by atomic mass is 10.1. The van der Waals surface area contributed by atoms with Gasteiger partial charge in [0, 0.05) is 38.1 Å². The highest BCUT2D eigenvalue weighted by Crippen LogP contribution is 2.28. The summed E-state index contributed by atoms with van der Waals surface area (Å²) in [7, 11) is 1.52. The molecule has 0 bridgehead atoms. The van der Waals surface area contributed by atoms with Crippen LogP contribution in [0.15, 0.2) is 29.6 Å². The lowest BCUT2D eigenvalue weighted by molar-refractivity contribution is -0.180. The van der Waals surface area contributed by atoms with Crippen LogP contribution in [0.1, 0.15) is 60.5 Å². The fourth-order valence-electron chi connectivity index (χ4n) is 4.38. The van der Waals surface area contributed by atoms with Crippen molar-refractivity contribution in [2.24, 2.45) is 0 Å². The Morgan fingerprint density at radius 3 is 2.28 bits per heavy atom. The first-order chi connectivity index (χ1) is 20.3. The fraction of sp³-hybridized carbons (Fsp3) is 0.600. The van der Waals surface area contributed by atoms with Crippen molar-refractivity contribution in [3.05, 3.63) is 35.2 Å². The number of nitrogens with zero attached hydrogens (tertiary/aromatic N) is 2. The third-order valence-electron chi connectivity index (χ3n) is 6.17. The number of urea groups is 1. The molecule has 13 heteroatoms. The molecule has 1 aromatic heterocycles. The van der Waals surface area contributed by atoms with E-state index < -0.39 is 54.2 Å². The van der Waals surface area contributed by atoms with Gasteiger partial charge in [0.1, 0.15) is 11.6 Å². The molecule has 43 heavy (non-hydrogen) atoms. The Labute approximate surface area is 258 Å². The largest absolute Gasteiger partial charge is 0.460 e. The number of hydrogen-bond donors (Lipinski definition) is 3. The number of hydrazine groups is 1. The molecule has 2 rings (SSSR count). The number of carbonyl (C=O) groups is 4. The van der Waals surface area contributed by atoms with E-state index in [1.54, 1.807) is 43.9 Å². The van der Waals surface area contributed by atoms with Crippen LogP contribution in [0.5, 0.6) is 0 Å². The zero-order valence-corrected chi connectivity index (χ0v) is 27.3. The molecule has 0 fully saturated rings. The smallest absolute Gasteiger partial charge is 0.329 e. The van der Waals surface area contributed by atoms with Crippen LogP contribution in [0, 0.1) is 0 Å². The Hall–Kier alpha value is -3.26. The molecule has 2 unspecified atom stereocenters. The lowest BCUT2D eigenvalue weighted by Crippen LogP contribution is -2.56. The van der Waals surface area contributed by atoms with Crippen LogP contribution in [-0.2, 0) is 35.1 Å². The summed E-state index contributed by atoms with van der Waals surface area (Å²) in [6.07, 6.45) is -1.13. The number of hydrogen-bond acceptors (Lipinski definition) is 9. The maximum atomic E-state index is 14.3. The number of nitrogens with one attached hydrogen (secondary N) is 3. The van der Waals surface area contributed by atoms with E-state index in [1.807, 2.05) is 50.4 Å². The summed E-state index contributed by atoms with van der Waals surface area (Å²) < 4.78 is 18.3. The SMILES string of the molecule is CCNC(=O)NN(C)CC(=O)NC(CC(=O)OC(C)(C)C)C(=O)N(Cc1csc2ccccc12)C(C)C(OCC)OCC. The van der Waals surface area contributed by atoms with Gasteiger partial charge in [-0.15, -0.1) is 11.3 Å². The molecule has 0 aliphatic rings. The second-order valence-electron chi connectivity index (χ2n) is 11.0. The van der Waals surface area contributed by atoms with Gasteiger partial charge in [0.15, 0.2) is 6.29 Å². The molecule has 240 valence electrons.